The number of nitrogens with one attached hydrogen (secondary N) is 2. The van der Waals surface area contributed by atoms with Crippen molar-refractivity contribution >= 4 is 11.7 Å². The minimum atomic E-state index is -0.447. The van der Waals surface area contributed by atoms with Crippen LogP contribution in [0, 0.1) is 5.82 Å². The molecule has 1 aliphatic rings. The van der Waals surface area contributed by atoms with Gasteiger partial charge in [-0.2, -0.15) is 0 Å². The zero-order valence-electron chi connectivity index (χ0n) is 14.2. The van der Waals surface area contributed by atoms with Crippen molar-refractivity contribution in [1.82, 2.24) is 10.2 Å². The maximum Gasteiger partial charge on any atom is 0.319 e. The Morgan fingerprint density at radius 2 is 1.91 bits per heavy atom. The Hall–Kier alpha value is -1.66. The van der Waals surface area contributed by atoms with Gasteiger partial charge in [0.2, 0.25) is 0 Å². The van der Waals surface area contributed by atoms with Gasteiger partial charge in [-0.15, -0.1) is 0 Å². The molecule has 1 aliphatic heterocycles. The van der Waals surface area contributed by atoms with Crippen molar-refractivity contribution in [3.63, 3.8) is 0 Å². The van der Waals surface area contributed by atoms with Gasteiger partial charge >= 0.3 is 6.03 Å². The summed E-state index contributed by atoms with van der Waals surface area (Å²) < 4.78 is 19.3. The molecule has 2 amide bonds. The highest BCUT2D eigenvalue weighted by atomic mass is 19.1. The van der Waals surface area contributed by atoms with Crippen molar-refractivity contribution in [3.05, 3.63) is 30.1 Å². The molecule has 0 spiro atoms. The maximum absolute atomic E-state index is 13.5. The minimum absolute atomic E-state index is 0.172. The number of benzene rings is 1. The summed E-state index contributed by atoms with van der Waals surface area (Å²) in [6.07, 6.45) is 0.343. The van der Waals surface area contributed by atoms with Gasteiger partial charge in [0.1, 0.15) is 5.82 Å². The molecule has 5 nitrogen and oxygen atoms in total. The average Bonchev–Trinajstić information content (AvgIpc) is 2.47. The monoisotopic (exact) mass is 323 g/mol. The predicted octanol–water partition coefficient (Wildman–Crippen LogP) is 2.84. The number of hydrogen-bond acceptors (Lipinski definition) is 3. The SMILES string of the molecule is CC1CN(C(C)(C)CNC(=O)Nc2ccccc2F)CC(C)O1. The van der Waals surface area contributed by atoms with Crippen LogP contribution in [0.1, 0.15) is 27.7 Å². The molecule has 1 fully saturated rings. The number of para-hydroxylation sites is 1. The molecule has 0 radical (unpaired) electrons. The molecule has 0 bridgehead atoms. The minimum Gasteiger partial charge on any atom is -0.373 e. The molecule has 128 valence electrons. The highest BCUT2D eigenvalue weighted by Crippen LogP contribution is 2.20. The van der Waals surface area contributed by atoms with Crippen molar-refractivity contribution in [1.29, 1.82) is 0 Å². The molecule has 23 heavy (non-hydrogen) atoms. The van der Waals surface area contributed by atoms with E-state index in [2.05, 4.69) is 43.2 Å². The molecular formula is C17H26FN3O2. The second-order valence-electron chi connectivity index (χ2n) is 6.76. The molecule has 6 heteroatoms. The fourth-order valence-corrected chi connectivity index (χ4v) is 2.81. The molecule has 2 N–H and O–H groups in total. The average molecular weight is 323 g/mol. The van der Waals surface area contributed by atoms with Crippen molar-refractivity contribution in [2.24, 2.45) is 0 Å². The molecule has 1 saturated heterocycles. The molecule has 1 aromatic carbocycles. The van der Waals surface area contributed by atoms with E-state index in [0.29, 0.717) is 6.54 Å². The maximum atomic E-state index is 13.5. The number of nitrogens with zero attached hydrogens (tertiary/aromatic N) is 1. The normalized spacial score (nSPS) is 22.7. The number of anilines is 1. The van der Waals surface area contributed by atoms with Gasteiger partial charge in [0.15, 0.2) is 0 Å². The number of carbonyl (C=O) groups is 1. The predicted molar refractivity (Wildman–Crippen MR) is 89.1 cm³/mol. The van der Waals surface area contributed by atoms with Crippen LogP contribution in [0.5, 0.6) is 0 Å². The van der Waals surface area contributed by atoms with E-state index >= 15 is 0 Å². The van der Waals surface area contributed by atoms with Gasteiger partial charge < -0.3 is 15.4 Å². The smallest absolute Gasteiger partial charge is 0.319 e. The van der Waals surface area contributed by atoms with Gasteiger partial charge in [-0.1, -0.05) is 12.1 Å². The molecule has 2 rings (SSSR count). The van der Waals surface area contributed by atoms with E-state index in [-0.39, 0.29) is 23.4 Å². The Kier molecular flexibility index (Phi) is 5.59. The highest BCUT2D eigenvalue weighted by molar-refractivity contribution is 5.89. The van der Waals surface area contributed by atoms with E-state index in [0.717, 1.165) is 13.1 Å². The van der Waals surface area contributed by atoms with Crippen LogP contribution in [0.15, 0.2) is 24.3 Å². The molecule has 1 aromatic rings. The Labute approximate surface area is 137 Å². The molecule has 0 aliphatic carbocycles. The van der Waals surface area contributed by atoms with Crippen LogP contribution in [-0.4, -0.2) is 48.3 Å². The standard InChI is InChI=1S/C17H26FN3O2/c1-12-9-21(10-13(2)23-12)17(3,4)11-19-16(22)20-15-8-6-5-7-14(15)18/h5-8,12-13H,9-11H2,1-4H3,(H2,19,20,22). The fraction of sp³-hybridized carbons (Fsp3) is 0.588. The van der Waals surface area contributed by atoms with E-state index in [1.807, 2.05) is 0 Å². The van der Waals surface area contributed by atoms with Crippen molar-refractivity contribution < 1.29 is 13.9 Å². The third kappa shape index (κ3) is 4.91. The van der Waals surface area contributed by atoms with E-state index in [9.17, 15) is 9.18 Å². The summed E-state index contributed by atoms with van der Waals surface area (Å²) in [5.74, 6) is -0.447. The van der Waals surface area contributed by atoms with E-state index in [1.54, 1.807) is 12.1 Å². The number of hydrogen-bond donors (Lipinski definition) is 2. The van der Waals surface area contributed by atoms with Crippen molar-refractivity contribution in [3.8, 4) is 0 Å². The van der Waals surface area contributed by atoms with Gasteiger partial charge in [0.25, 0.3) is 0 Å². The summed E-state index contributed by atoms with van der Waals surface area (Å²) >= 11 is 0. The molecule has 0 aromatic heterocycles. The van der Waals surface area contributed by atoms with Gasteiger partial charge in [0.05, 0.1) is 17.9 Å². The lowest BCUT2D eigenvalue weighted by Crippen LogP contribution is -2.59. The van der Waals surface area contributed by atoms with Crippen LogP contribution in [0.2, 0.25) is 0 Å². The second-order valence-corrected chi connectivity index (χ2v) is 6.76. The lowest BCUT2D eigenvalue weighted by molar-refractivity contribution is -0.0947. The van der Waals surface area contributed by atoms with Crippen LogP contribution < -0.4 is 10.6 Å². The Morgan fingerprint density at radius 1 is 1.30 bits per heavy atom. The van der Waals surface area contributed by atoms with Gasteiger partial charge in [-0.05, 0) is 39.8 Å². The van der Waals surface area contributed by atoms with Crippen molar-refractivity contribution in [2.45, 2.75) is 45.4 Å². The first-order chi connectivity index (χ1) is 10.8. The largest absolute Gasteiger partial charge is 0.373 e. The van der Waals surface area contributed by atoms with E-state index < -0.39 is 11.8 Å². The van der Waals surface area contributed by atoms with Crippen LogP contribution >= 0.6 is 0 Å². The molecule has 2 atom stereocenters. The number of carbonyl (C=O) groups excluding carboxylic acids is 1. The van der Waals surface area contributed by atoms with Crippen LogP contribution in [0.4, 0.5) is 14.9 Å². The summed E-state index contributed by atoms with van der Waals surface area (Å²) in [5.41, 5.74) is -0.0322. The lowest BCUT2D eigenvalue weighted by Gasteiger charge is -2.45. The quantitative estimate of drug-likeness (QED) is 0.896. The molecule has 0 saturated carbocycles. The summed E-state index contributed by atoms with van der Waals surface area (Å²) in [4.78, 5) is 14.3. The van der Waals surface area contributed by atoms with Crippen LogP contribution in [-0.2, 0) is 4.74 Å². The third-order valence-corrected chi connectivity index (χ3v) is 4.08. The lowest BCUT2D eigenvalue weighted by atomic mass is 10.00. The molecule has 1 heterocycles. The topological polar surface area (TPSA) is 53.6 Å². The second kappa shape index (κ2) is 7.27. The number of amides is 2. The van der Waals surface area contributed by atoms with Gasteiger partial charge in [-0.25, -0.2) is 9.18 Å². The summed E-state index contributed by atoms with van der Waals surface area (Å²) in [6.45, 7) is 10.4. The van der Waals surface area contributed by atoms with Gasteiger partial charge in [-0.3, -0.25) is 4.90 Å². The zero-order chi connectivity index (χ0) is 17.0. The Bertz CT molecular complexity index is 540. The summed E-state index contributed by atoms with van der Waals surface area (Å²) in [5, 5.41) is 5.36. The first-order valence-corrected chi connectivity index (χ1v) is 7.98. The van der Waals surface area contributed by atoms with Gasteiger partial charge in [0, 0.05) is 25.2 Å². The first kappa shape index (κ1) is 17.7. The van der Waals surface area contributed by atoms with Crippen molar-refractivity contribution in [2.75, 3.05) is 25.0 Å². The number of rotatable bonds is 4. The highest BCUT2D eigenvalue weighted by Gasteiger charge is 2.33. The summed E-state index contributed by atoms with van der Waals surface area (Å²) in [6, 6.07) is 5.71. The molecular weight excluding hydrogens is 297 g/mol. The number of morpholine rings is 1. The fourth-order valence-electron chi connectivity index (χ4n) is 2.81. The Balaban J connectivity index is 1.88. The van der Waals surface area contributed by atoms with Crippen LogP contribution in [0.3, 0.4) is 0 Å². The van der Waals surface area contributed by atoms with E-state index in [4.69, 9.17) is 4.74 Å². The Morgan fingerprint density at radius 3 is 2.52 bits per heavy atom. The number of ether oxygens (including phenoxy) is 1. The summed E-state index contributed by atoms with van der Waals surface area (Å²) in [7, 11) is 0. The number of urea groups is 1. The number of halogens is 1. The van der Waals surface area contributed by atoms with E-state index in [1.165, 1.54) is 12.1 Å². The molecule has 2 unspecified atom stereocenters. The van der Waals surface area contributed by atoms with Crippen LogP contribution in [0.25, 0.3) is 0 Å². The third-order valence-electron chi connectivity index (χ3n) is 4.08. The zero-order valence-corrected chi connectivity index (χ0v) is 14.2. The first-order valence-electron chi connectivity index (χ1n) is 7.98.